The monoisotopic (exact) mass is 387 g/mol. The van der Waals surface area contributed by atoms with Crippen LogP contribution in [0.25, 0.3) is 6.08 Å². The molecule has 0 bridgehead atoms. The number of rotatable bonds is 4. The van der Waals surface area contributed by atoms with Crippen molar-refractivity contribution in [3.05, 3.63) is 34.3 Å². The molecule has 0 spiro atoms. The van der Waals surface area contributed by atoms with Gasteiger partial charge in [-0.05, 0) is 30.7 Å². The molecule has 1 heterocycles. The molecule has 7 heteroatoms. The molecule has 1 aliphatic heterocycles. The fraction of sp³-hybridized carbons (Fsp3) is 0.400. The normalized spacial score (nSPS) is 20.2. The molecule has 0 radical (unpaired) electrons. The van der Waals surface area contributed by atoms with Crippen molar-refractivity contribution in [2.45, 2.75) is 12.5 Å². The highest BCUT2D eigenvalue weighted by atomic mass is 79.9. The molecule has 1 fully saturated rings. The van der Waals surface area contributed by atoms with Gasteiger partial charge in [0.1, 0.15) is 5.75 Å². The van der Waals surface area contributed by atoms with E-state index in [1.165, 1.54) is 11.0 Å². The summed E-state index contributed by atoms with van der Waals surface area (Å²) in [6.45, 7) is 0. The molecule has 0 aromatic heterocycles. The van der Waals surface area contributed by atoms with E-state index in [9.17, 15) is 13.2 Å². The Hall–Kier alpha value is -1.34. The summed E-state index contributed by atoms with van der Waals surface area (Å²) in [4.78, 5) is 13.7. The van der Waals surface area contributed by atoms with Crippen molar-refractivity contribution in [2.24, 2.45) is 0 Å². The van der Waals surface area contributed by atoms with Crippen molar-refractivity contribution >= 4 is 37.8 Å². The molecule has 1 aromatic carbocycles. The second-order valence-electron chi connectivity index (χ2n) is 5.23. The number of nitrogens with zero attached hydrogens (tertiary/aromatic N) is 1. The first kappa shape index (κ1) is 17.0. The SMILES string of the molecule is COc1ccc(Br)cc1/C=C/C(=O)N(C)C1CCS(=O)(=O)C1. The Morgan fingerprint density at radius 2 is 2.18 bits per heavy atom. The first-order valence-corrected chi connectivity index (χ1v) is 9.42. The molecule has 2 rings (SSSR count). The number of ether oxygens (including phenoxy) is 1. The molecule has 5 nitrogen and oxygen atoms in total. The average Bonchev–Trinajstić information content (AvgIpc) is 2.84. The fourth-order valence-corrected chi connectivity index (χ4v) is 4.53. The van der Waals surface area contributed by atoms with Gasteiger partial charge >= 0.3 is 0 Å². The maximum atomic E-state index is 12.2. The van der Waals surface area contributed by atoms with E-state index in [-0.39, 0.29) is 23.5 Å². The Morgan fingerprint density at radius 3 is 2.77 bits per heavy atom. The van der Waals surface area contributed by atoms with E-state index < -0.39 is 9.84 Å². The Morgan fingerprint density at radius 1 is 1.45 bits per heavy atom. The second-order valence-corrected chi connectivity index (χ2v) is 8.37. The minimum Gasteiger partial charge on any atom is -0.496 e. The van der Waals surface area contributed by atoms with Crippen molar-refractivity contribution in [1.29, 1.82) is 0 Å². The lowest BCUT2D eigenvalue weighted by Crippen LogP contribution is -2.36. The summed E-state index contributed by atoms with van der Waals surface area (Å²) in [7, 11) is 0.201. The Balaban J connectivity index is 2.10. The maximum absolute atomic E-state index is 12.2. The van der Waals surface area contributed by atoms with Crippen LogP contribution in [-0.4, -0.2) is 50.9 Å². The number of hydrogen-bond donors (Lipinski definition) is 0. The van der Waals surface area contributed by atoms with Gasteiger partial charge in [0.05, 0.1) is 18.6 Å². The Bertz CT molecular complexity index is 699. The summed E-state index contributed by atoms with van der Waals surface area (Å²) in [5, 5.41) is 0. The van der Waals surface area contributed by atoms with E-state index >= 15 is 0 Å². The van der Waals surface area contributed by atoms with E-state index in [1.54, 1.807) is 20.2 Å². The molecule has 1 atom stereocenters. The average molecular weight is 388 g/mol. The first-order valence-electron chi connectivity index (χ1n) is 6.81. The first-order chi connectivity index (χ1) is 10.3. The summed E-state index contributed by atoms with van der Waals surface area (Å²) in [6, 6.07) is 5.27. The van der Waals surface area contributed by atoms with E-state index in [2.05, 4.69) is 15.9 Å². The number of carbonyl (C=O) groups excluding carboxylic acids is 1. The van der Waals surface area contributed by atoms with E-state index in [1.807, 2.05) is 18.2 Å². The zero-order valence-corrected chi connectivity index (χ0v) is 14.9. The van der Waals surface area contributed by atoms with Crippen LogP contribution in [0.1, 0.15) is 12.0 Å². The third-order valence-corrected chi connectivity index (χ3v) is 5.94. The van der Waals surface area contributed by atoms with Crippen LogP contribution in [0.4, 0.5) is 0 Å². The van der Waals surface area contributed by atoms with Crippen LogP contribution in [0.5, 0.6) is 5.75 Å². The summed E-state index contributed by atoms with van der Waals surface area (Å²) < 4.78 is 29.1. The van der Waals surface area contributed by atoms with Crippen LogP contribution in [0.15, 0.2) is 28.7 Å². The van der Waals surface area contributed by atoms with Crippen LogP contribution in [-0.2, 0) is 14.6 Å². The summed E-state index contributed by atoms with van der Waals surface area (Å²) in [6.07, 6.45) is 3.61. The van der Waals surface area contributed by atoms with E-state index in [4.69, 9.17) is 4.74 Å². The molecule has 1 aliphatic rings. The minimum atomic E-state index is -3.00. The third-order valence-electron chi connectivity index (χ3n) is 3.70. The number of methoxy groups -OCH3 is 1. The van der Waals surface area contributed by atoms with E-state index in [0.717, 1.165) is 10.0 Å². The van der Waals surface area contributed by atoms with Gasteiger partial charge in [-0.3, -0.25) is 4.79 Å². The van der Waals surface area contributed by atoms with Crippen LogP contribution in [0.3, 0.4) is 0 Å². The summed E-state index contributed by atoms with van der Waals surface area (Å²) in [5.74, 6) is 0.643. The van der Waals surface area contributed by atoms with Gasteiger partial charge in [-0.2, -0.15) is 0 Å². The van der Waals surface area contributed by atoms with Gasteiger partial charge in [0.2, 0.25) is 5.91 Å². The number of halogens is 1. The highest BCUT2D eigenvalue weighted by molar-refractivity contribution is 9.10. The van der Waals surface area contributed by atoms with Gasteiger partial charge in [-0.25, -0.2) is 8.42 Å². The minimum absolute atomic E-state index is 0.0449. The molecule has 1 unspecified atom stereocenters. The predicted octanol–water partition coefficient (Wildman–Crippen LogP) is 2.12. The van der Waals surface area contributed by atoms with Crippen molar-refractivity contribution < 1.29 is 17.9 Å². The molecule has 1 saturated heterocycles. The fourth-order valence-electron chi connectivity index (χ4n) is 2.37. The smallest absolute Gasteiger partial charge is 0.246 e. The number of sulfone groups is 1. The summed E-state index contributed by atoms with van der Waals surface area (Å²) >= 11 is 3.38. The van der Waals surface area contributed by atoms with Gasteiger partial charge in [-0.15, -0.1) is 0 Å². The zero-order chi connectivity index (χ0) is 16.3. The molecule has 0 saturated carbocycles. The molecule has 1 amide bonds. The lowest BCUT2D eigenvalue weighted by atomic mass is 10.1. The van der Waals surface area contributed by atoms with E-state index in [0.29, 0.717) is 12.2 Å². The quantitative estimate of drug-likeness (QED) is 0.742. The van der Waals surface area contributed by atoms with Gasteiger partial charge in [0, 0.05) is 29.2 Å². The van der Waals surface area contributed by atoms with Crippen LogP contribution < -0.4 is 4.74 Å². The predicted molar refractivity (Wildman–Crippen MR) is 89.6 cm³/mol. The lowest BCUT2D eigenvalue weighted by Gasteiger charge is -2.21. The largest absolute Gasteiger partial charge is 0.496 e. The van der Waals surface area contributed by atoms with Gasteiger partial charge in [0.15, 0.2) is 9.84 Å². The van der Waals surface area contributed by atoms with Crippen LogP contribution in [0.2, 0.25) is 0 Å². The zero-order valence-electron chi connectivity index (χ0n) is 12.5. The molecule has 0 N–H and O–H groups in total. The number of benzene rings is 1. The second kappa shape index (κ2) is 6.83. The standard InChI is InChI=1S/C15H18BrNO4S/c1-17(13-7-8-22(19,20)10-13)15(18)6-3-11-9-12(16)4-5-14(11)21-2/h3-6,9,13H,7-8,10H2,1-2H3/b6-3+. The number of amides is 1. The third kappa shape index (κ3) is 4.10. The lowest BCUT2D eigenvalue weighted by molar-refractivity contribution is -0.126. The van der Waals surface area contributed by atoms with Gasteiger partial charge in [-0.1, -0.05) is 15.9 Å². The number of carbonyl (C=O) groups is 1. The molecular formula is C15H18BrNO4S. The van der Waals surface area contributed by atoms with Crippen molar-refractivity contribution in [3.63, 3.8) is 0 Å². The Kier molecular flexibility index (Phi) is 5.28. The van der Waals surface area contributed by atoms with Gasteiger partial charge < -0.3 is 9.64 Å². The highest BCUT2D eigenvalue weighted by Gasteiger charge is 2.32. The van der Waals surface area contributed by atoms with Crippen LogP contribution in [0, 0.1) is 0 Å². The molecular weight excluding hydrogens is 370 g/mol. The van der Waals surface area contributed by atoms with Crippen molar-refractivity contribution in [3.8, 4) is 5.75 Å². The van der Waals surface area contributed by atoms with Gasteiger partial charge in [0.25, 0.3) is 0 Å². The van der Waals surface area contributed by atoms with Crippen LogP contribution >= 0.6 is 15.9 Å². The van der Waals surface area contributed by atoms with Crippen molar-refractivity contribution in [1.82, 2.24) is 4.90 Å². The molecule has 0 aliphatic carbocycles. The highest BCUT2D eigenvalue weighted by Crippen LogP contribution is 2.24. The maximum Gasteiger partial charge on any atom is 0.246 e. The van der Waals surface area contributed by atoms with Crippen molar-refractivity contribution in [2.75, 3.05) is 25.7 Å². The molecule has 22 heavy (non-hydrogen) atoms. The summed E-state index contributed by atoms with van der Waals surface area (Å²) in [5.41, 5.74) is 0.776. The number of hydrogen-bond acceptors (Lipinski definition) is 4. The Labute approximate surface area is 139 Å². The molecule has 1 aromatic rings. The number of likely N-dealkylation sites (N-methyl/N-ethyl adjacent to an activating group) is 1. The molecule has 120 valence electrons. The topological polar surface area (TPSA) is 63.7 Å².